The second-order valence-corrected chi connectivity index (χ2v) is 9.34. The van der Waals surface area contributed by atoms with E-state index < -0.39 is 0 Å². The van der Waals surface area contributed by atoms with Gasteiger partial charge in [-0.25, -0.2) is 0 Å². The number of benzene rings is 2. The lowest BCUT2D eigenvalue weighted by Gasteiger charge is -2.04. The van der Waals surface area contributed by atoms with E-state index in [0.29, 0.717) is 16.6 Å². The maximum Gasteiger partial charge on any atom is 0.293 e. The van der Waals surface area contributed by atoms with E-state index in [1.54, 1.807) is 11.8 Å². The van der Waals surface area contributed by atoms with E-state index in [-0.39, 0.29) is 5.91 Å². The van der Waals surface area contributed by atoms with E-state index >= 15 is 0 Å². The van der Waals surface area contributed by atoms with Crippen LogP contribution in [0.4, 0.5) is 5.13 Å². The highest BCUT2D eigenvalue weighted by molar-refractivity contribution is 7.97. The second-order valence-electron chi connectivity index (χ2n) is 7.30. The van der Waals surface area contributed by atoms with Crippen molar-refractivity contribution < 1.29 is 9.21 Å². The van der Waals surface area contributed by atoms with Gasteiger partial charge >= 0.3 is 0 Å². The van der Waals surface area contributed by atoms with E-state index in [4.69, 9.17) is 4.42 Å². The summed E-state index contributed by atoms with van der Waals surface area (Å²) in [5.41, 5.74) is 2.90. The number of fused-ring (bicyclic) bond motifs is 1. The zero-order valence-corrected chi connectivity index (χ0v) is 19.1. The molecule has 0 aliphatic carbocycles. The summed E-state index contributed by atoms with van der Waals surface area (Å²) in [6, 6.07) is 18.1. The van der Waals surface area contributed by atoms with E-state index in [9.17, 15) is 4.79 Å². The van der Waals surface area contributed by atoms with Crippen molar-refractivity contribution in [2.24, 2.45) is 0 Å². The molecule has 1 N–H and O–H groups in total. The van der Waals surface area contributed by atoms with Crippen LogP contribution in [0, 0.1) is 0 Å². The summed E-state index contributed by atoms with van der Waals surface area (Å²) < 4.78 is 5.95. The van der Waals surface area contributed by atoms with E-state index in [1.807, 2.05) is 42.5 Å². The molecule has 0 radical (unpaired) electrons. The number of para-hydroxylation sites is 1. The van der Waals surface area contributed by atoms with Crippen molar-refractivity contribution in [3.63, 3.8) is 0 Å². The molecule has 5 nitrogen and oxygen atoms in total. The molecule has 2 aromatic heterocycles. The summed E-state index contributed by atoms with van der Waals surface area (Å²) in [6.07, 6.45) is 4.32. The number of hydrogen-bond donors (Lipinski definition) is 1. The molecular formula is C24H25N3O2S2. The number of nitrogens with zero attached hydrogens (tertiary/aromatic N) is 2. The number of nitrogens with one attached hydrogen (secondary N) is 1. The molecule has 4 rings (SSSR count). The molecule has 0 aliphatic heterocycles. The van der Waals surface area contributed by atoms with Crippen molar-refractivity contribution in [1.29, 1.82) is 0 Å². The van der Waals surface area contributed by atoms with Gasteiger partial charge in [-0.05, 0) is 18.1 Å². The van der Waals surface area contributed by atoms with Crippen LogP contribution >= 0.6 is 23.1 Å². The van der Waals surface area contributed by atoms with Crippen LogP contribution in [0.1, 0.15) is 52.9 Å². The van der Waals surface area contributed by atoms with Crippen LogP contribution < -0.4 is 5.32 Å². The molecule has 7 heteroatoms. The molecule has 160 valence electrons. The summed E-state index contributed by atoms with van der Waals surface area (Å²) >= 11 is 3.20. The third-order valence-corrected chi connectivity index (χ3v) is 6.87. The number of thioether (sulfide) groups is 1. The minimum absolute atomic E-state index is 0.275. The molecule has 31 heavy (non-hydrogen) atoms. The molecule has 0 saturated carbocycles. The lowest BCUT2D eigenvalue weighted by molar-refractivity contribution is 0.0997. The van der Waals surface area contributed by atoms with Crippen LogP contribution in [0.3, 0.4) is 0 Å². The molecule has 1 amide bonds. The topological polar surface area (TPSA) is 68.0 Å². The molecule has 0 fully saturated rings. The Morgan fingerprint density at radius 2 is 1.84 bits per heavy atom. The predicted octanol–water partition coefficient (Wildman–Crippen LogP) is 6.70. The molecule has 0 spiro atoms. The van der Waals surface area contributed by atoms with Crippen molar-refractivity contribution in [3.05, 3.63) is 76.5 Å². The third kappa shape index (κ3) is 5.54. The van der Waals surface area contributed by atoms with E-state index in [0.717, 1.165) is 40.1 Å². The Hall–Kier alpha value is -2.64. The standard InChI is InChI=1S/C24H25N3O2S2/c1-2-3-5-14-21-26-27-24(31-21)25-23(28)22-19(18-12-8-9-13-20(18)29-22)16-30-15-17-10-6-4-7-11-17/h4,6-13H,2-3,5,14-16H2,1H3,(H,25,27,28). The number of carbonyl (C=O) groups excluding carboxylic acids is 1. The van der Waals surface area contributed by atoms with E-state index in [2.05, 4.69) is 34.6 Å². The first kappa shape index (κ1) is 21.6. The van der Waals surface area contributed by atoms with Crippen molar-refractivity contribution in [2.45, 2.75) is 44.1 Å². The maximum atomic E-state index is 13.0. The molecule has 0 unspecified atom stereocenters. The SMILES string of the molecule is CCCCCc1nnc(NC(=O)c2oc3ccccc3c2CSCc2ccccc2)s1. The van der Waals surface area contributed by atoms with Crippen molar-refractivity contribution in [3.8, 4) is 0 Å². The summed E-state index contributed by atoms with van der Waals surface area (Å²) in [4.78, 5) is 13.0. The van der Waals surface area contributed by atoms with Gasteiger partial charge in [-0.3, -0.25) is 10.1 Å². The first-order valence-electron chi connectivity index (χ1n) is 10.5. The fourth-order valence-electron chi connectivity index (χ4n) is 3.36. The molecule has 0 bridgehead atoms. The minimum atomic E-state index is -0.275. The largest absolute Gasteiger partial charge is 0.451 e. The highest BCUT2D eigenvalue weighted by atomic mass is 32.2. The monoisotopic (exact) mass is 451 g/mol. The second kappa shape index (κ2) is 10.6. The average Bonchev–Trinajstić information content (AvgIpc) is 3.39. The summed E-state index contributed by atoms with van der Waals surface area (Å²) in [5, 5.41) is 13.7. The molecule has 0 atom stereocenters. The lowest BCUT2D eigenvalue weighted by atomic mass is 10.1. The first-order valence-corrected chi connectivity index (χ1v) is 12.5. The fourth-order valence-corrected chi connectivity index (χ4v) is 5.15. The molecule has 2 aromatic carbocycles. The van der Waals surface area contributed by atoms with Gasteiger partial charge in [-0.15, -0.1) is 10.2 Å². The fraction of sp³-hybridized carbons (Fsp3) is 0.292. The van der Waals surface area contributed by atoms with Gasteiger partial charge in [0.15, 0.2) is 5.76 Å². The van der Waals surface area contributed by atoms with Gasteiger partial charge in [0.25, 0.3) is 5.91 Å². The zero-order valence-electron chi connectivity index (χ0n) is 17.5. The minimum Gasteiger partial charge on any atom is -0.451 e. The first-order chi connectivity index (χ1) is 15.2. The number of amides is 1. The van der Waals surface area contributed by atoms with Crippen LogP contribution in [0.2, 0.25) is 0 Å². The Balaban J connectivity index is 1.48. The van der Waals surface area contributed by atoms with Crippen molar-refractivity contribution >= 4 is 45.1 Å². The number of aryl methyl sites for hydroxylation is 1. The summed E-state index contributed by atoms with van der Waals surface area (Å²) in [6.45, 7) is 2.18. The highest BCUT2D eigenvalue weighted by Crippen LogP contribution is 2.31. The smallest absolute Gasteiger partial charge is 0.293 e. The van der Waals surface area contributed by atoms with Crippen LogP contribution in [-0.4, -0.2) is 16.1 Å². The van der Waals surface area contributed by atoms with Gasteiger partial charge in [0.05, 0.1) is 0 Å². The lowest BCUT2D eigenvalue weighted by Crippen LogP contribution is -2.12. The van der Waals surface area contributed by atoms with Crippen LogP contribution in [-0.2, 0) is 17.9 Å². The predicted molar refractivity (Wildman–Crippen MR) is 129 cm³/mol. The number of rotatable bonds is 10. The third-order valence-electron chi connectivity index (χ3n) is 4.94. The van der Waals surface area contributed by atoms with Crippen molar-refractivity contribution in [2.75, 3.05) is 5.32 Å². The molecule has 4 aromatic rings. The van der Waals surface area contributed by atoms with E-state index in [1.165, 1.54) is 29.7 Å². The Labute approximate surface area is 190 Å². The van der Waals surface area contributed by atoms with Gasteiger partial charge < -0.3 is 4.42 Å². The number of carbonyl (C=O) groups is 1. The van der Waals surface area contributed by atoms with Crippen LogP contribution in [0.25, 0.3) is 11.0 Å². The van der Waals surface area contributed by atoms with Crippen LogP contribution in [0.15, 0.2) is 59.0 Å². The number of anilines is 1. The number of unbranched alkanes of at least 4 members (excludes halogenated alkanes) is 2. The van der Waals surface area contributed by atoms with Gasteiger partial charge in [0.2, 0.25) is 5.13 Å². The number of aromatic nitrogens is 2. The molecular weight excluding hydrogens is 426 g/mol. The quantitative estimate of drug-likeness (QED) is 0.272. The van der Waals surface area contributed by atoms with Gasteiger partial charge in [-0.2, -0.15) is 11.8 Å². The Morgan fingerprint density at radius 3 is 2.68 bits per heavy atom. The molecule has 0 saturated heterocycles. The Bertz CT molecular complexity index is 1140. The van der Waals surface area contributed by atoms with Gasteiger partial charge in [0.1, 0.15) is 10.6 Å². The van der Waals surface area contributed by atoms with Gasteiger partial charge in [0, 0.05) is 28.9 Å². The average molecular weight is 452 g/mol. The summed E-state index contributed by atoms with van der Waals surface area (Å²) in [7, 11) is 0. The Morgan fingerprint density at radius 1 is 1.03 bits per heavy atom. The normalized spacial score (nSPS) is 11.1. The van der Waals surface area contributed by atoms with Crippen LogP contribution in [0.5, 0.6) is 0 Å². The number of furan rings is 1. The highest BCUT2D eigenvalue weighted by Gasteiger charge is 2.21. The Kier molecular flexibility index (Phi) is 7.38. The molecule has 0 aliphatic rings. The summed E-state index contributed by atoms with van der Waals surface area (Å²) in [5.74, 6) is 1.64. The van der Waals surface area contributed by atoms with Gasteiger partial charge in [-0.1, -0.05) is 79.6 Å². The molecule has 2 heterocycles. The maximum absolute atomic E-state index is 13.0. The number of hydrogen-bond acceptors (Lipinski definition) is 6. The van der Waals surface area contributed by atoms with Crippen molar-refractivity contribution in [1.82, 2.24) is 10.2 Å². The zero-order chi connectivity index (χ0) is 21.5.